The summed E-state index contributed by atoms with van der Waals surface area (Å²) >= 11 is 0. The van der Waals surface area contributed by atoms with E-state index in [0.29, 0.717) is 37.9 Å². The molecule has 0 radical (unpaired) electrons. The Morgan fingerprint density at radius 1 is 0.566 bits per heavy atom. The van der Waals surface area contributed by atoms with Gasteiger partial charge in [-0.25, -0.2) is 23.6 Å². The van der Waals surface area contributed by atoms with Gasteiger partial charge < -0.3 is 48.2 Å². The number of benzene rings is 2. The molecular weight excluding hydrogens is 986 g/mol. The Morgan fingerprint density at radius 2 is 0.921 bits per heavy atom. The van der Waals surface area contributed by atoms with E-state index in [1.165, 1.54) is 55.8 Å². The van der Waals surface area contributed by atoms with Crippen LogP contribution in [0.15, 0.2) is 48.5 Å². The van der Waals surface area contributed by atoms with Gasteiger partial charge >= 0.3 is 29.8 Å². The van der Waals surface area contributed by atoms with Crippen molar-refractivity contribution in [3.63, 3.8) is 0 Å². The quantitative estimate of drug-likeness (QED) is 0.0759. The van der Waals surface area contributed by atoms with Gasteiger partial charge in [0, 0.05) is 73.8 Å². The first-order valence-electron chi connectivity index (χ1n) is 26.5. The first-order chi connectivity index (χ1) is 35.7. The topological polar surface area (TPSA) is 222 Å². The van der Waals surface area contributed by atoms with E-state index in [1.807, 2.05) is 50.2 Å². The Morgan fingerprint density at radius 3 is 1.28 bits per heavy atom. The number of rotatable bonds is 26. The molecular formula is C57H82FN3O15. The van der Waals surface area contributed by atoms with Crippen LogP contribution in [0.4, 0.5) is 4.39 Å². The largest absolute Gasteiger partial charge is 0.479 e. The predicted octanol–water partition coefficient (Wildman–Crippen LogP) is 6.76. The Balaban J connectivity index is 1.59. The number of hydrogen-bond donors (Lipinski definition) is 1. The fraction of sp³-hybridized carbons (Fsp3) is 0.649. The highest BCUT2D eigenvalue weighted by Gasteiger charge is 2.42. The van der Waals surface area contributed by atoms with Crippen molar-refractivity contribution in [1.82, 2.24) is 14.7 Å². The van der Waals surface area contributed by atoms with Crippen molar-refractivity contribution in [1.29, 1.82) is 0 Å². The molecule has 2 saturated heterocycles. The van der Waals surface area contributed by atoms with Gasteiger partial charge in [0.25, 0.3) is 17.7 Å². The molecule has 0 aromatic heterocycles. The third-order valence-electron chi connectivity index (χ3n) is 13.9. The van der Waals surface area contributed by atoms with Crippen LogP contribution in [0.2, 0.25) is 0 Å². The Labute approximate surface area is 447 Å². The molecule has 7 atom stereocenters. The van der Waals surface area contributed by atoms with Crippen LogP contribution in [0.5, 0.6) is 0 Å². The average Bonchev–Trinajstić information content (AvgIpc) is 3.37. The number of carbonyl (C=O) groups excluding carboxylic acids is 7. The van der Waals surface area contributed by atoms with E-state index in [1.54, 1.807) is 26.0 Å². The van der Waals surface area contributed by atoms with E-state index in [0.717, 1.165) is 57.1 Å². The molecule has 2 aliphatic rings. The van der Waals surface area contributed by atoms with Crippen LogP contribution in [-0.2, 0) is 79.6 Å². The van der Waals surface area contributed by atoms with E-state index in [4.69, 9.17) is 28.4 Å². The molecule has 76 heavy (non-hydrogen) atoms. The number of aliphatic carboxylic acids is 1. The Hall–Kier alpha value is -5.95. The van der Waals surface area contributed by atoms with Crippen molar-refractivity contribution in [2.24, 2.45) is 11.8 Å². The Kier molecular flexibility index (Phi) is 23.9. The monoisotopic (exact) mass is 1070 g/mol. The maximum atomic E-state index is 15.8. The predicted molar refractivity (Wildman–Crippen MR) is 278 cm³/mol. The van der Waals surface area contributed by atoms with Gasteiger partial charge in [-0.1, -0.05) is 76.2 Å². The number of esters is 4. The number of carbonyl (C=O) groups is 8. The van der Waals surface area contributed by atoms with Crippen LogP contribution in [0.3, 0.4) is 0 Å². The molecule has 2 aromatic rings. The van der Waals surface area contributed by atoms with Crippen molar-refractivity contribution in [2.75, 3.05) is 47.6 Å². The third-order valence-corrected chi connectivity index (χ3v) is 13.9. The highest BCUT2D eigenvalue weighted by molar-refractivity contribution is 5.93. The van der Waals surface area contributed by atoms with Crippen LogP contribution in [-0.4, -0.2) is 163 Å². The molecule has 0 bridgehead atoms. The number of likely N-dealkylation sites (N-methyl/N-ethyl adjacent to an activating group) is 3. The molecule has 0 unspecified atom stereocenters. The van der Waals surface area contributed by atoms with Crippen molar-refractivity contribution in [3.8, 4) is 0 Å². The van der Waals surface area contributed by atoms with Crippen LogP contribution < -0.4 is 0 Å². The molecule has 3 amide bonds. The minimum atomic E-state index is -2.10. The number of hydrogen-bond acceptors (Lipinski definition) is 14. The Bertz CT molecular complexity index is 2270. The standard InChI is InChI=1S/C57H82FN3O15/c1-34(2)29-45(59(10)51(64)48(75-38(7)62)31-39-13-17-41(18-14-39)43-21-25-71-26-22-43)54(68)73-36(5)50(63)61(12)47(33-57(8,9)58)56(70)76-49(32-40-15-19-42(20-16-40)44-23-27-72-28-24-44)52(65)60(11)46(30-35(3)4)55(69)74-37(6)53(66)67/h13-20,34-37,43-49H,21-33H2,1-12H3,(H,66,67)/t36-,37-,45+,46+,47+,48-,49-/m1/s1. The van der Waals surface area contributed by atoms with E-state index < -0.39 is 102 Å². The average molecular weight is 1070 g/mol. The molecule has 0 aliphatic carbocycles. The summed E-state index contributed by atoms with van der Waals surface area (Å²) in [4.78, 5) is 112. The molecule has 2 fully saturated rings. The first kappa shape index (κ1) is 62.6. The molecule has 2 aromatic carbocycles. The number of carboxylic acid groups (broad SMARTS) is 1. The second-order valence-corrected chi connectivity index (χ2v) is 21.8. The van der Waals surface area contributed by atoms with E-state index in [2.05, 4.69) is 0 Å². The lowest BCUT2D eigenvalue weighted by Gasteiger charge is -2.35. The highest BCUT2D eigenvalue weighted by atomic mass is 19.1. The van der Waals surface area contributed by atoms with Gasteiger partial charge in [0.15, 0.2) is 24.4 Å². The lowest BCUT2D eigenvalue weighted by atomic mass is 9.90. The number of amides is 3. The zero-order valence-corrected chi connectivity index (χ0v) is 46.5. The molecule has 4 rings (SSSR count). The fourth-order valence-corrected chi connectivity index (χ4v) is 9.48. The zero-order chi connectivity index (χ0) is 56.6. The molecule has 422 valence electrons. The smallest absolute Gasteiger partial charge is 0.344 e. The second-order valence-electron chi connectivity index (χ2n) is 21.8. The molecule has 0 spiro atoms. The minimum Gasteiger partial charge on any atom is -0.479 e. The van der Waals surface area contributed by atoms with Crippen molar-refractivity contribution in [3.05, 3.63) is 70.8 Å². The lowest BCUT2D eigenvalue weighted by Crippen LogP contribution is -2.54. The van der Waals surface area contributed by atoms with Crippen molar-refractivity contribution >= 4 is 47.6 Å². The van der Waals surface area contributed by atoms with Crippen LogP contribution in [0.1, 0.15) is 141 Å². The fourth-order valence-electron chi connectivity index (χ4n) is 9.48. The van der Waals surface area contributed by atoms with Gasteiger partial charge in [-0.15, -0.1) is 0 Å². The molecule has 2 aliphatic heterocycles. The van der Waals surface area contributed by atoms with Gasteiger partial charge in [0.1, 0.15) is 23.8 Å². The normalized spacial score (nSPS) is 17.2. The first-order valence-corrected chi connectivity index (χ1v) is 26.5. The maximum absolute atomic E-state index is 15.8. The molecule has 1 N–H and O–H groups in total. The van der Waals surface area contributed by atoms with Crippen LogP contribution in [0.25, 0.3) is 0 Å². The number of ether oxygens (including phenoxy) is 6. The minimum absolute atomic E-state index is 0.0190. The molecule has 18 nitrogen and oxygen atoms in total. The second kappa shape index (κ2) is 29.0. The van der Waals surface area contributed by atoms with Gasteiger partial charge in [-0.05, 0) is 112 Å². The number of carboxylic acids is 1. The summed E-state index contributed by atoms with van der Waals surface area (Å²) in [6.45, 7) is 15.9. The molecule has 2 heterocycles. The number of alkyl halides is 1. The SMILES string of the molecule is CC(=O)O[C@H](Cc1ccc(C2CCOCC2)cc1)C(=O)N(C)[C@@H](CC(C)C)C(=O)O[C@H](C)C(=O)N(C)[C@@H](CC(C)(C)F)C(=O)O[C@H](Cc1ccc(C2CCOCC2)cc1)C(=O)N(C)[C@@H](CC(C)C)C(=O)O[C@H](C)C(=O)O. The summed E-state index contributed by atoms with van der Waals surface area (Å²) in [6.07, 6.45) is -3.30. The number of halogens is 1. The molecule has 19 heteroatoms. The molecule has 0 saturated carbocycles. The van der Waals surface area contributed by atoms with Gasteiger partial charge in [0.2, 0.25) is 0 Å². The van der Waals surface area contributed by atoms with Crippen molar-refractivity contribution < 1.29 is 76.3 Å². The summed E-state index contributed by atoms with van der Waals surface area (Å²) in [5.74, 6) is -7.45. The highest BCUT2D eigenvalue weighted by Crippen LogP contribution is 2.30. The van der Waals surface area contributed by atoms with Crippen LogP contribution >= 0.6 is 0 Å². The summed E-state index contributed by atoms with van der Waals surface area (Å²) < 4.78 is 49.3. The maximum Gasteiger partial charge on any atom is 0.344 e. The zero-order valence-electron chi connectivity index (χ0n) is 46.5. The van der Waals surface area contributed by atoms with Gasteiger partial charge in [-0.2, -0.15) is 0 Å². The third kappa shape index (κ3) is 19.0. The summed E-state index contributed by atoms with van der Waals surface area (Å²) in [7, 11) is 3.91. The van der Waals surface area contributed by atoms with E-state index in [-0.39, 0.29) is 43.4 Å². The summed E-state index contributed by atoms with van der Waals surface area (Å²) in [5, 5.41) is 9.47. The van der Waals surface area contributed by atoms with Crippen LogP contribution in [0, 0.1) is 11.8 Å². The summed E-state index contributed by atoms with van der Waals surface area (Å²) in [5.41, 5.74) is 1.39. The summed E-state index contributed by atoms with van der Waals surface area (Å²) in [6, 6.07) is 10.9. The van der Waals surface area contributed by atoms with Crippen molar-refractivity contribution in [2.45, 2.75) is 180 Å². The lowest BCUT2D eigenvalue weighted by molar-refractivity contribution is -0.175. The van der Waals surface area contributed by atoms with Gasteiger partial charge in [-0.3, -0.25) is 19.2 Å². The van der Waals surface area contributed by atoms with Gasteiger partial charge in [0.05, 0.1) is 0 Å². The van der Waals surface area contributed by atoms with E-state index >= 15 is 4.39 Å². The number of nitrogens with zero attached hydrogens (tertiary/aromatic N) is 3. The van der Waals surface area contributed by atoms with E-state index in [9.17, 15) is 43.5 Å².